The first kappa shape index (κ1) is 17.9. The molecule has 0 aliphatic carbocycles. The Morgan fingerprint density at radius 3 is 2.81 bits per heavy atom. The van der Waals surface area contributed by atoms with Gasteiger partial charge in [0.2, 0.25) is 5.96 Å². The molecule has 6 nitrogen and oxygen atoms in total. The number of amides is 1. The van der Waals surface area contributed by atoms with Crippen molar-refractivity contribution in [2.45, 2.75) is 18.9 Å². The summed E-state index contributed by atoms with van der Waals surface area (Å²) in [5, 5.41) is 6.01. The van der Waals surface area contributed by atoms with Crippen LogP contribution in [0.2, 0.25) is 0 Å². The van der Waals surface area contributed by atoms with Crippen LogP contribution in [0.1, 0.15) is 23.2 Å². The number of nitrogens with zero attached hydrogens (tertiary/aromatic N) is 1. The van der Waals surface area contributed by atoms with Crippen LogP contribution in [0.4, 0.5) is 5.69 Å². The van der Waals surface area contributed by atoms with Crippen molar-refractivity contribution in [3.8, 4) is 5.75 Å². The van der Waals surface area contributed by atoms with Crippen LogP contribution in [-0.4, -0.2) is 38.2 Å². The number of benzene rings is 2. The SMILES string of the molecule is COc1cccc(C(=O)NC(=NCC2CCCO2)Nc2ccccc2)c1. The van der Waals surface area contributed by atoms with Gasteiger partial charge in [0.05, 0.1) is 19.8 Å². The molecule has 1 amide bonds. The molecule has 3 rings (SSSR count). The van der Waals surface area contributed by atoms with Gasteiger partial charge in [0.15, 0.2) is 0 Å². The quantitative estimate of drug-likeness (QED) is 0.640. The maximum Gasteiger partial charge on any atom is 0.258 e. The van der Waals surface area contributed by atoms with Crippen LogP contribution in [0.25, 0.3) is 0 Å². The van der Waals surface area contributed by atoms with Gasteiger partial charge in [-0.3, -0.25) is 10.1 Å². The lowest BCUT2D eigenvalue weighted by Gasteiger charge is -2.13. The van der Waals surface area contributed by atoms with Gasteiger partial charge in [-0.1, -0.05) is 24.3 Å². The van der Waals surface area contributed by atoms with E-state index < -0.39 is 0 Å². The molecule has 0 bridgehead atoms. The van der Waals surface area contributed by atoms with Crippen molar-refractivity contribution >= 4 is 17.6 Å². The number of hydrogen-bond donors (Lipinski definition) is 2. The Hall–Kier alpha value is -2.86. The Balaban J connectivity index is 1.73. The molecule has 26 heavy (non-hydrogen) atoms. The highest BCUT2D eigenvalue weighted by molar-refractivity contribution is 6.10. The zero-order valence-electron chi connectivity index (χ0n) is 14.8. The maximum atomic E-state index is 12.6. The van der Waals surface area contributed by atoms with Gasteiger partial charge in [0.25, 0.3) is 5.91 Å². The summed E-state index contributed by atoms with van der Waals surface area (Å²) in [7, 11) is 1.57. The number of aliphatic imine (C=N–C) groups is 1. The van der Waals surface area contributed by atoms with Crippen molar-refractivity contribution in [1.29, 1.82) is 0 Å². The number of rotatable bonds is 5. The molecule has 2 aromatic rings. The molecule has 6 heteroatoms. The molecule has 2 N–H and O–H groups in total. The van der Waals surface area contributed by atoms with Gasteiger partial charge in [-0.25, -0.2) is 4.99 Å². The average Bonchev–Trinajstić information content (AvgIpc) is 3.20. The summed E-state index contributed by atoms with van der Waals surface area (Å²) in [6, 6.07) is 16.6. The van der Waals surface area contributed by atoms with Crippen molar-refractivity contribution in [3.05, 3.63) is 60.2 Å². The van der Waals surface area contributed by atoms with Crippen molar-refractivity contribution < 1.29 is 14.3 Å². The van der Waals surface area contributed by atoms with Gasteiger partial charge >= 0.3 is 0 Å². The van der Waals surface area contributed by atoms with Crippen molar-refractivity contribution in [2.75, 3.05) is 25.6 Å². The Morgan fingerprint density at radius 2 is 2.08 bits per heavy atom. The fourth-order valence-electron chi connectivity index (χ4n) is 2.69. The van der Waals surface area contributed by atoms with Crippen molar-refractivity contribution in [3.63, 3.8) is 0 Å². The van der Waals surface area contributed by atoms with E-state index in [9.17, 15) is 4.79 Å². The third-order valence-electron chi connectivity index (χ3n) is 4.08. The van der Waals surface area contributed by atoms with Crippen LogP contribution in [-0.2, 0) is 4.74 Å². The smallest absolute Gasteiger partial charge is 0.258 e. The van der Waals surface area contributed by atoms with Crippen molar-refractivity contribution in [1.82, 2.24) is 5.32 Å². The van der Waals surface area contributed by atoms with E-state index in [1.807, 2.05) is 30.3 Å². The summed E-state index contributed by atoms with van der Waals surface area (Å²) in [6.07, 6.45) is 2.15. The molecule has 1 atom stereocenters. The predicted octanol–water partition coefficient (Wildman–Crippen LogP) is 3.07. The number of para-hydroxylation sites is 1. The number of ether oxygens (including phenoxy) is 2. The largest absolute Gasteiger partial charge is 0.497 e. The summed E-state index contributed by atoms with van der Waals surface area (Å²) >= 11 is 0. The summed E-state index contributed by atoms with van der Waals surface area (Å²) in [5.74, 6) is 0.782. The Bertz CT molecular complexity index is 756. The third kappa shape index (κ3) is 5.07. The van der Waals surface area contributed by atoms with Gasteiger partial charge in [0, 0.05) is 17.9 Å². The molecule has 136 valence electrons. The minimum atomic E-state index is -0.251. The highest BCUT2D eigenvalue weighted by atomic mass is 16.5. The van der Waals surface area contributed by atoms with Crippen molar-refractivity contribution in [2.24, 2.45) is 4.99 Å². The first-order valence-electron chi connectivity index (χ1n) is 8.68. The predicted molar refractivity (Wildman–Crippen MR) is 102 cm³/mol. The number of hydrogen-bond acceptors (Lipinski definition) is 4. The van der Waals surface area contributed by atoms with E-state index in [-0.39, 0.29) is 12.0 Å². The second kappa shape index (κ2) is 9.01. The molecule has 0 spiro atoms. The van der Waals surface area contributed by atoms with Crippen LogP contribution in [0.15, 0.2) is 59.6 Å². The first-order valence-corrected chi connectivity index (χ1v) is 8.68. The van der Waals surface area contributed by atoms with E-state index in [0.717, 1.165) is 25.1 Å². The molecule has 0 saturated carbocycles. The third-order valence-corrected chi connectivity index (χ3v) is 4.08. The summed E-state index contributed by atoms with van der Waals surface area (Å²) < 4.78 is 10.8. The normalized spacial score (nSPS) is 17.0. The Labute approximate surface area is 153 Å². The molecule has 1 heterocycles. The summed E-state index contributed by atoms with van der Waals surface area (Å²) in [4.78, 5) is 17.1. The van der Waals surface area contributed by atoms with Gasteiger partial charge in [-0.2, -0.15) is 0 Å². The van der Waals surface area contributed by atoms with Gasteiger partial charge < -0.3 is 14.8 Å². The number of methoxy groups -OCH3 is 1. The molecule has 1 saturated heterocycles. The lowest BCUT2D eigenvalue weighted by atomic mass is 10.2. The fraction of sp³-hybridized carbons (Fsp3) is 0.300. The highest BCUT2D eigenvalue weighted by Crippen LogP contribution is 2.14. The molecular weight excluding hydrogens is 330 g/mol. The second-order valence-electron chi connectivity index (χ2n) is 6.00. The minimum absolute atomic E-state index is 0.108. The molecule has 1 unspecified atom stereocenters. The number of nitrogens with one attached hydrogen (secondary N) is 2. The number of carbonyl (C=O) groups excluding carboxylic acids is 1. The second-order valence-corrected chi connectivity index (χ2v) is 6.00. The molecule has 1 aliphatic heterocycles. The lowest BCUT2D eigenvalue weighted by Crippen LogP contribution is -2.36. The van der Waals surface area contributed by atoms with Crippen LogP contribution >= 0.6 is 0 Å². The zero-order valence-corrected chi connectivity index (χ0v) is 14.8. The van der Waals surface area contributed by atoms with E-state index in [1.54, 1.807) is 31.4 Å². The van der Waals surface area contributed by atoms with Gasteiger partial charge in [-0.15, -0.1) is 0 Å². The van der Waals surface area contributed by atoms with Gasteiger partial charge in [-0.05, 0) is 43.2 Å². The van der Waals surface area contributed by atoms with Crippen LogP contribution < -0.4 is 15.4 Å². The minimum Gasteiger partial charge on any atom is -0.497 e. The summed E-state index contributed by atoms with van der Waals surface area (Å²) in [5.41, 5.74) is 1.36. The van der Waals surface area contributed by atoms with Crippen LogP contribution in [0, 0.1) is 0 Å². The van der Waals surface area contributed by atoms with Crippen LogP contribution in [0.5, 0.6) is 5.75 Å². The molecule has 0 aromatic heterocycles. The maximum absolute atomic E-state index is 12.6. The number of anilines is 1. The highest BCUT2D eigenvalue weighted by Gasteiger charge is 2.16. The van der Waals surface area contributed by atoms with E-state index in [0.29, 0.717) is 23.8 Å². The Kier molecular flexibility index (Phi) is 6.22. The summed E-state index contributed by atoms with van der Waals surface area (Å²) in [6.45, 7) is 1.28. The lowest BCUT2D eigenvalue weighted by molar-refractivity contribution is 0.0975. The molecule has 0 radical (unpaired) electrons. The molecule has 1 aliphatic rings. The standard InChI is InChI=1S/C20H23N3O3/c1-25-17-10-5-7-15(13-17)19(24)23-20(21-14-18-11-6-12-26-18)22-16-8-3-2-4-9-16/h2-5,7-10,13,18H,6,11-12,14H2,1H3,(H2,21,22,23,24). The van der Waals surface area contributed by atoms with E-state index in [2.05, 4.69) is 15.6 Å². The topological polar surface area (TPSA) is 72.0 Å². The van der Waals surface area contributed by atoms with Gasteiger partial charge in [0.1, 0.15) is 5.75 Å². The van der Waals surface area contributed by atoms with Crippen LogP contribution in [0.3, 0.4) is 0 Å². The Morgan fingerprint density at radius 1 is 1.23 bits per heavy atom. The average molecular weight is 353 g/mol. The monoisotopic (exact) mass is 353 g/mol. The zero-order chi connectivity index (χ0) is 18.2. The molecule has 2 aromatic carbocycles. The molecule has 1 fully saturated rings. The first-order chi connectivity index (χ1) is 12.7. The number of carbonyl (C=O) groups is 1. The van der Waals surface area contributed by atoms with E-state index in [4.69, 9.17) is 9.47 Å². The number of guanidine groups is 1. The molecular formula is C20H23N3O3. The van der Waals surface area contributed by atoms with E-state index >= 15 is 0 Å². The van der Waals surface area contributed by atoms with E-state index in [1.165, 1.54) is 0 Å². The fourth-order valence-corrected chi connectivity index (χ4v) is 2.69.